The van der Waals surface area contributed by atoms with E-state index < -0.39 is 28.9 Å². The number of ether oxygens (including phenoxy) is 2. The number of carbonyl (C=O) groups excluding carboxylic acids is 3. The molecule has 0 fully saturated rings. The van der Waals surface area contributed by atoms with E-state index in [4.69, 9.17) is 9.47 Å². The molecule has 0 saturated carbocycles. The first-order valence-corrected chi connectivity index (χ1v) is 8.41. The maximum absolute atomic E-state index is 12.5. The highest BCUT2D eigenvalue weighted by Gasteiger charge is 2.40. The molecule has 2 amide bonds. The fourth-order valence-electron chi connectivity index (χ4n) is 2.36. The van der Waals surface area contributed by atoms with E-state index >= 15 is 0 Å². The predicted molar refractivity (Wildman–Crippen MR) is 94.3 cm³/mol. The van der Waals surface area contributed by atoms with Crippen LogP contribution in [0.5, 0.6) is 0 Å². The molecule has 1 N–H and O–H groups in total. The van der Waals surface area contributed by atoms with Crippen LogP contribution in [-0.4, -0.2) is 52.7 Å². The number of hydrogen-bond donors (Lipinski definition) is 1. The van der Waals surface area contributed by atoms with E-state index in [1.807, 2.05) is 13.0 Å². The van der Waals surface area contributed by atoms with Gasteiger partial charge in [-0.25, -0.2) is 9.59 Å². The maximum atomic E-state index is 12.5. The first-order valence-electron chi connectivity index (χ1n) is 8.41. The monoisotopic (exact) mass is 354 g/mol. The van der Waals surface area contributed by atoms with Crippen LogP contribution >= 0.6 is 0 Å². The Labute approximate surface area is 149 Å². The number of nitrogens with zero attached hydrogens (tertiary/aromatic N) is 1. The van der Waals surface area contributed by atoms with Gasteiger partial charge in [-0.3, -0.25) is 4.90 Å². The Bertz CT molecular complexity index is 545. The zero-order chi connectivity index (χ0) is 19.5. The van der Waals surface area contributed by atoms with Gasteiger partial charge in [-0.1, -0.05) is 12.2 Å². The van der Waals surface area contributed by atoms with Gasteiger partial charge in [0.15, 0.2) is 0 Å². The fourth-order valence-corrected chi connectivity index (χ4v) is 2.36. The second-order valence-corrected chi connectivity index (χ2v) is 8.38. The quantitative estimate of drug-likeness (QED) is 0.608. The van der Waals surface area contributed by atoms with Crippen LogP contribution in [0.25, 0.3) is 0 Å². The molecule has 0 bridgehead atoms. The summed E-state index contributed by atoms with van der Waals surface area (Å²) < 4.78 is 10.7. The highest BCUT2D eigenvalue weighted by atomic mass is 16.6. The van der Waals surface area contributed by atoms with Crippen LogP contribution in [0.15, 0.2) is 12.2 Å². The van der Waals surface area contributed by atoms with Crippen LogP contribution in [0.2, 0.25) is 0 Å². The van der Waals surface area contributed by atoms with Gasteiger partial charge in [-0.15, -0.1) is 0 Å². The molecule has 1 heterocycles. The van der Waals surface area contributed by atoms with Gasteiger partial charge in [0.05, 0.1) is 12.6 Å². The Morgan fingerprint density at radius 3 is 2.20 bits per heavy atom. The molecular weight excluding hydrogens is 324 g/mol. The molecule has 2 atom stereocenters. The molecule has 1 aliphatic rings. The van der Waals surface area contributed by atoms with Crippen LogP contribution in [0, 0.1) is 0 Å². The molecule has 7 heteroatoms. The number of amides is 2. The lowest BCUT2D eigenvalue weighted by atomic mass is 9.97. The minimum absolute atomic E-state index is 0.00117. The van der Waals surface area contributed by atoms with Crippen molar-refractivity contribution in [2.45, 2.75) is 77.7 Å². The van der Waals surface area contributed by atoms with Crippen LogP contribution < -0.4 is 5.32 Å². The number of nitrogens with one attached hydrogen (secondary N) is 1. The highest BCUT2D eigenvalue weighted by molar-refractivity contribution is 5.79. The molecule has 0 radical (unpaired) electrons. The third-order valence-electron chi connectivity index (χ3n) is 3.44. The van der Waals surface area contributed by atoms with Crippen LogP contribution in [0.4, 0.5) is 9.59 Å². The van der Waals surface area contributed by atoms with Crippen LogP contribution in [0.1, 0.15) is 54.9 Å². The highest BCUT2D eigenvalue weighted by Crippen LogP contribution is 2.22. The average molecular weight is 354 g/mol. The van der Waals surface area contributed by atoms with E-state index in [0.717, 1.165) is 0 Å². The summed E-state index contributed by atoms with van der Waals surface area (Å²) in [7, 11) is 0. The minimum atomic E-state index is -1.26. The number of aldehydes is 1. The summed E-state index contributed by atoms with van der Waals surface area (Å²) in [6.07, 6.45) is 3.26. The standard InChI is InChI=1S/C18H30N2O5/c1-13-9-8-10-18(12-21,19-14(22)24-16(2,3)4)11-20(13)15(23)25-17(5,6)7/h8-9,12-13H,10-11H2,1-7H3,(H,19,22)/t13-,18-/m0/s1. The summed E-state index contributed by atoms with van der Waals surface area (Å²) in [6, 6.07) is -0.267. The largest absolute Gasteiger partial charge is 0.444 e. The van der Waals surface area contributed by atoms with E-state index in [2.05, 4.69) is 5.32 Å². The van der Waals surface area contributed by atoms with Crippen molar-refractivity contribution in [1.82, 2.24) is 10.2 Å². The molecule has 1 aliphatic heterocycles. The van der Waals surface area contributed by atoms with E-state index in [0.29, 0.717) is 6.29 Å². The molecule has 0 spiro atoms. The summed E-state index contributed by atoms with van der Waals surface area (Å²) >= 11 is 0. The molecule has 0 aliphatic carbocycles. The van der Waals surface area contributed by atoms with Gasteiger partial charge < -0.3 is 19.6 Å². The van der Waals surface area contributed by atoms with Crippen LogP contribution in [0.3, 0.4) is 0 Å². The van der Waals surface area contributed by atoms with E-state index in [1.165, 1.54) is 4.90 Å². The molecule has 1 rings (SSSR count). The van der Waals surface area contributed by atoms with Gasteiger partial charge in [0.1, 0.15) is 23.0 Å². The third-order valence-corrected chi connectivity index (χ3v) is 3.44. The van der Waals surface area contributed by atoms with Gasteiger partial charge in [0.2, 0.25) is 0 Å². The van der Waals surface area contributed by atoms with Gasteiger partial charge in [0.25, 0.3) is 0 Å². The van der Waals surface area contributed by atoms with Crippen molar-refractivity contribution in [3.05, 3.63) is 12.2 Å². The Kier molecular flexibility index (Phi) is 6.26. The van der Waals surface area contributed by atoms with Gasteiger partial charge in [0, 0.05) is 0 Å². The maximum Gasteiger partial charge on any atom is 0.410 e. The molecule has 7 nitrogen and oxygen atoms in total. The molecule has 142 valence electrons. The molecule has 0 aromatic carbocycles. The zero-order valence-corrected chi connectivity index (χ0v) is 16.2. The normalized spacial score (nSPS) is 24.3. The van der Waals surface area contributed by atoms with Crippen molar-refractivity contribution in [2.24, 2.45) is 0 Å². The van der Waals surface area contributed by atoms with Crippen LogP contribution in [-0.2, 0) is 14.3 Å². The topological polar surface area (TPSA) is 84.9 Å². The molecule has 0 unspecified atom stereocenters. The molecule has 0 aromatic rings. The van der Waals surface area contributed by atoms with Crippen molar-refractivity contribution in [2.75, 3.05) is 6.54 Å². The summed E-state index contributed by atoms with van der Waals surface area (Å²) in [5, 5.41) is 2.62. The second kappa shape index (κ2) is 7.45. The van der Waals surface area contributed by atoms with Gasteiger partial charge in [-0.05, 0) is 54.9 Å². The lowest BCUT2D eigenvalue weighted by molar-refractivity contribution is -0.114. The SMILES string of the molecule is C[C@H]1C=CC[C@](C=O)(NC(=O)OC(C)(C)C)CN1C(=O)OC(C)(C)C. The molecule has 0 saturated heterocycles. The predicted octanol–water partition coefficient (Wildman–Crippen LogP) is 3.03. The molecule has 0 aromatic heterocycles. The molecular formula is C18H30N2O5. The average Bonchev–Trinajstić information content (AvgIpc) is 2.55. The molecule has 25 heavy (non-hydrogen) atoms. The van der Waals surface area contributed by atoms with Crippen molar-refractivity contribution < 1.29 is 23.9 Å². The van der Waals surface area contributed by atoms with Crippen molar-refractivity contribution in [1.29, 1.82) is 0 Å². The zero-order valence-electron chi connectivity index (χ0n) is 16.2. The van der Waals surface area contributed by atoms with E-state index in [1.54, 1.807) is 47.6 Å². The Hall–Kier alpha value is -2.05. The summed E-state index contributed by atoms with van der Waals surface area (Å²) in [5.74, 6) is 0. The van der Waals surface area contributed by atoms with E-state index in [9.17, 15) is 14.4 Å². The summed E-state index contributed by atoms with van der Waals surface area (Å²) in [5.41, 5.74) is -2.61. The van der Waals surface area contributed by atoms with Gasteiger partial charge in [-0.2, -0.15) is 0 Å². The fraction of sp³-hybridized carbons (Fsp3) is 0.722. The van der Waals surface area contributed by atoms with Crippen molar-refractivity contribution >= 4 is 18.5 Å². The van der Waals surface area contributed by atoms with Crippen molar-refractivity contribution in [3.8, 4) is 0 Å². The first-order chi connectivity index (χ1) is 11.3. The van der Waals surface area contributed by atoms with Gasteiger partial charge >= 0.3 is 12.2 Å². The second-order valence-electron chi connectivity index (χ2n) is 8.38. The smallest absolute Gasteiger partial charge is 0.410 e. The Balaban J connectivity index is 3.00. The van der Waals surface area contributed by atoms with Crippen molar-refractivity contribution in [3.63, 3.8) is 0 Å². The lowest BCUT2D eigenvalue weighted by Gasteiger charge is -2.36. The number of hydrogen-bond acceptors (Lipinski definition) is 5. The lowest BCUT2D eigenvalue weighted by Crippen LogP contribution is -2.59. The summed E-state index contributed by atoms with van der Waals surface area (Å²) in [4.78, 5) is 37.9. The Morgan fingerprint density at radius 2 is 1.72 bits per heavy atom. The Morgan fingerprint density at radius 1 is 1.16 bits per heavy atom. The van der Waals surface area contributed by atoms with E-state index in [-0.39, 0.29) is 19.0 Å². The third kappa shape index (κ3) is 6.76. The minimum Gasteiger partial charge on any atom is -0.444 e. The first kappa shape index (κ1) is 21.0. The number of carbonyl (C=O) groups is 3. The number of rotatable bonds is 2. The summed E-state index contributed by atoms with van der Waals surface area (Å²) in [6.45, 7) is 12.4. The number of alkyl carbamates (subject to hydrolysis) is 1.